The lowest BCUT2D eigenvalue weighted by atomic mass is 10.0. The number of morpholine rings is 1. The zero-order valence-electron chi connectivity index (χ0n) is 12.4. The second-order valence-electron chi connectivity index (χ2n) is 6.10. The highest BCUT2D eigenvalue weighted by Gasteiger charge is 2.31. The predicted octanol–water partition coefficient (Wildman–Crippen LogP) is 3.41. The number of benzene rings is 1. The summed E-state index contributed by atoms with van der Waals surface area (Å²) in [4.78, 5) is 14.4. The fourth-order valence-electron chi connectivity index (χ4n) is 2.80. The average molecular weight is 296 g/mol. The number of hydrogen-bond donors (Lipinski definition) is 0. The molecule has 0 N–H and O–H groups in total. The van der Waals surface area contributed by atoms with Crippen molar-refractivity contribution in [3.8, 4) is 0 Å². The fraction of sp³-hybridized carbons (Fsp3) is 0.562. The number of nitrogens with zero attached hydrogens (tertiary/aromatic N) is 1. The molecule has 1 fully saturated rings. The zero-order chi connectivity index (χ0) is 14.8. The minimum atomic E-state index is -0.138. The third-order valence-electron chi connectivity index (χ3n) is 3.46. The van der Waals surface area contributed by atoms with Crippen LogP contribution in [0.4, 0.5) is 0 Å². The van der Waals surface area contributed by atoms with Crippen molar-refractivity contribution >= 4 is 17.4 Å². The molecule has 0 radical (unpaired) electrons. The molecule has 0 aliphatic carbocycles. The lowest BCUT2D eigenvalue weighted by molar-refractivity contribution is -0.128. The van der Waals surface area contributed by atoms with Crippen LogP contribution in [0.5, 0.6) is 0 Å². The molecule has 3 nitrogen and oxygen atoms in total. The number of rotatable bonds is 4. The van der Waals surface area contributed by atoms with E-state index in [9.17, 15) is 4.79 Å². The Hall–Kier alpha value is -0.900. The molecule has 0 saturated carbocycles. The molecule has 0 aromatic heterocycles. The van der Waals surface area contributed by atoms with Crippen LogP contribution in [-0.2, 0) is 4.74 Å². The first kappa shape index (κ1) is 15.5. The van der Waals surface area contributed by atoms with Gasteiger partial charge in [-0.15, -0.1) is 0 Å². The van der Waals surface area contributed by atoms with E-state index in [1.165, 1.54) is 0 Å². The summed E-state index contributed by atoms with van der Waals surface area (Å²) in [5.41, 5.74) is 0.594. The highest BCUT2D eigenvalue weighted by Crippen LogP contribution is 2.21. The molecule has 1 aliphatic rings. The van der Waals surface area contributed by atoms with E-state index < -0.39 is 0 Å². The van der Waals surface area contributed by atoms with Crippen molar-refractivity contribution in [2.24, 2.45) is 0 Å². The quantitative estimate of drug-likeness (QED) is 0.797. The molecule has 0 bridgehead atoms. The van der Waals surface area contributed by atoms with Crippen molar-refractivity contribution in [2.75, 3.05) is 19.6 Å². The van der Waals surface area contributed by atoms with Gasteiger partial charge in [-0.3, -0.25) is 9.69 Å². The summed E-state index contributed by atoms with van der Waals surface area (Å²) in [6, 6.07) is 7.09. The van der Waals surface area contributed by atoms with Crippen LogP contribution in [0.3, 0.4) is 0 Å². The first-order valence-electron chi connectivity index (χ1n) is 7.05. The number of hydrogen-bond acceptors (Lipinski definition) is 3. The minimum absolute atomic E-state index is 0.138. The van der Waals surface area contributed by atoms with Crippen molar-refractivity contribution in [1.29, 1.82) is 0 Å². The molecule has 4 heteroatoms. The Morgan fingerprint density at radius 3 is 2.65 bits per heavy atom. The minimum Gasteiger partial charge on any atom is -0.370 e. The Morgan fingerprint density at radius 1 is 1.40 bits per heavy atom. The Morgan fingerprint density at radius 2 is 2.05 bits per heavy atom. The maximum Gasteiger partial charge on any atom is 0.164 e. The molecule has 1 aromatic carbocycles. The maximum atomic E-state index is 12.1. The van der Waals surface area contributed by atoms with Crippen LogP contribution in [0.1, 0.15) is 37.6 Å². The summed E-state index contributed by atoms with van der Waals surface area (Å²) in [7, 11) is 0. The Bertz CT molecular complexity index is 470. The van der Waals surface area contributed by atoms with Gasteiger partial charge in [0.25, 0.3) is 0 Å². The number of ketones is 1. The molecule has 0 spiro atoms. The van der Waals surface area contributed by atoms with Gasteiger partial charge in [-0.2, -0.15) is 0 Å². The molecule has 1 atom stereocenters. The van der Waals surface area contributed by atoms with Crippen LogP contribution in [-0.4, -0.2) is 42.0 Å². The standard InChI is InChI=1S/C16H22ClNO2/c1-12-10-18(11-16(2,3)20-12)9-8-15(19)13-4-6-14(17)7-5-13/h4-7,12H,8-11H2,1-3H3. The lowest BCUT2D eigenvalue weighted by Gasteiger charge is -2.41. The number of Topliss-reactive ketones (excluding diaryl/α,β-unsaturated/α-hetero) is 1. The summed E-state index contributed by atoms with van der Waals surface area (Å²) in [5.74, 6) is 0.165. The van der Waals surface area contributed by atoms with E-state index in [0.717, 1.165) is 25.2 Å². The third-order valence-corrected chi connectivity index (χ3v) is 3.71. The van der Waals surface area contributed by atoms with E-state index in [4.69, 9.17) is 16.3 Å². The zero-order valence-corrected chi connectivity index (χ0v) is 13.1. The number of carbonyl (C=O) groups is 1. The number of halogens is 1. The molecule has 0 amide bonds. The third kappa shape index (κ3) is 4.30. The van der Waals surface area contributed by atoms with Gasteiger partial charge in [0.1, 0.15) is 0 Å². The summed E-state index contributed by atoms with van der Waals surface area (Å²) in [6.07, 6.45) is 0.745. The van der Waals surface area contributed by atoms with Crippen molar-refractivity contribution < 1.29 is 9.53 Å². The molecule has 1 aliphatic heterocycles. The topological polar surface area (TPSA) is 29.5 Å². The first-order valence-corrected chi connectivity index (χ1v) is 7.42. The highest BCUT2D eigenvalue weighted by atomic mass is 35.5. The molecule has 2 rings (SSSR count). The average Bonchev–Trinajstić information content (AvgIpc) is 2.34. The van der Waals surface area contributed by atoms with Gasteiger partial charge in [-0.05, 0) is 45.0 Å². The predicted molar refractivity (Wildman–Crippen MR) is 81.5 cm³/mol. The molecule has 1 unspecified atom stereocenters. The van der Waals surface area contributed by atoms with Gasteiger partial charge in [0.15, 0.2) is 5.78 Å². The largest absolute Gasteiger partial charge is 0.370 e. The normalized spacial score (nSPS) is 22.7. The van der Waals surface area contributed by atoms with E-state index >= 15 is 0 Å². The van der Waals surface area contributed by atoms with Gasteiger partial charge in [-0.1, -0.05) is 11.6 Å². The van der Waals surface area contributed by atoms with Crippen LogP contribution in [0.2, 0.25) is 5.02 Å². The van der Waals surface area contributed by atoms with E-state index in [1.54, 1.807) is 24.3 Å². The second kappa shape index (κ2) is 6.25. The Kier molecular flexibility index (Phi) is 4.84. The van der Waals surface area contributed by atoms with Crippen LogP contribution < -0.4 is 0 Å². The lowest BCUT2D eigenvalue weighted by Crippen LogP contribution is -2.52. The van der Waals surface area contributed by atoms with Gasteiger partial charge in [0.05, 0.1) is 11.7 Å². The molecular formula is C16H22ClNO2. The van der Waals surface area contributed by atoms with Gasteiger partial charge in [0, 0.05) is 36.6 Å². The molecule has 1 saturated heterocycles. The summed E-state index contributed by atoms with van der Waals surface area (Å²) in [6.45, 7) is 8.80. The summed E-state index contributed by atoms with van der Waals surface area (Å²) >= 11 is 5.83. The molecule has 20 heavy (non-hydrogen) atoms. The van der Waals surface area contributed by atoms with Crippen LogP contribution in [0.25, 0.3) is 0 Å². The second-order valence-corrected chi connectivity index (χ2v) is 6.54. The smallest absolute Gasteiger partial charge is 0.164 e. The number of carbonyl (C=O) groups excluding carboxylic acids is 1. The monoisotopic (exact) mass is 295 g/mol. The fourth-order valence-corrected chi connectivity index (χ4v) is 2.92. The highest BCUT2D eigenvalue weighted by molar-refractivity contribution is 6.30. The van der Waals surface area contributed by atoms with Gasteiger partial charge in [0.2, 0.25) is 0 Å². The van der Waals surface area contributed by atoms with Crippen molar-refractivity contribution in [3.05, 3.63) is 34.9 Å². The van der Waals surface area contributed by atoms with Crippen LogP contribution >= 0.6 is 11.6 Å². The van der Waals surface area contributed by atoms with E-state index in [0.29, 0.717) is 11.4 Å². The van der Waals surface area contributed by atoms with E-state index in [1.807, 2.05) is 0 Å². The van der Waals surface area contributed by atoms with E-state index in [-0.39, 0.29) is 17.5 Å². The van der Waals surface area contributed by atoms with E-state index in [2.05, 4.69) is 25.7 Å². The molecule has 110 valence electrons. The Balaban J connectivity index is 1.88. The van der Waals surface area contributed by atoms with Crippen LogP contribution in [0.15, 0.2) is 24.3 Å². The van der Waals surface area contributed by atoms with Gasteiger partial charge in [-0.25, -0.2) is 0 Å². The first-order chi connectivity index (χ1) is 9.35. The molecule has 1 aromatic rings. The molecule has 1 heterocycles. The van der Waals surface area contributed by atoms with Crippen molar-refractivity contribution in [2.45, 2.75) is 38.9 Å². The summed E-state index contributed by atoms with van der Waals surface area (Å²) < 4.78 is 5.87. The van der Waals surface area contributed by atoms with Gasteiger partial charge < -0.3 is 4.74 Å². The van der Waals surface area contributed by atoms with Gasteiger partial charge >= 0.3 is 0 Å². The van der Waals surface area contributed by atoms with Crippen molar-refractivity contribution in [3.63, 3.8) is 0 Å². The molecular weight excluding hydrogens is 274 g/mol. The SMILES string of the molecule is CC1CN(CCC(=O)c2ccc(Cl)cc2)CC(C)(C)O1. The summed E-state index contributed by atoms with van der Waals surface area (Å²) in [5, 5.41) is 0.658. The maximum absolute atomic E-state index is 12.1. The van der Waals surface area contributed by atoms with Crippen LogP contribution in [0, 0.1) is 0 Å². The number of ether oxygens (including phenoxy) is 1. The Labute approximate surface area is 125 Å². The van der Waals surface area contributed by atoms with Crippen molar-refractivity contribution in [1.82, 2.24) is 4.90 Å².